The summed E-state index contributed by atoms with van der Waals surface area (Å²) in [5, 5.41) is 0. The zero-order valence-electron chi connectivity index (χ0n) is 13.0. The van der Waals surface area contributed by atoms with Crippen LogP contribution in [-0.2, 0) is 27.7 Å². The van der Waals surface area contributed by atoms with Gasteiger partial charge in [0.25, 0.3) is 10.0 Å². The van der Waals surface area contributed by atoms with Gasteiger partial charge in [0.15, 0.2) is 0 Å². The van der Waals surface area contributed by atoms with Crippen molar-refractivity contribution in [3.8, 4) is 5.75 Å². The van der Waals surface area contributed by atoms with Crippen molar-refractivity contribution in [1.29, 1.82) is 0 Å². The SMILES string of the molecule is O=C(NS(=O)(=O)c1ccc2c(c1)CCC2)[C@H]1COc2ccccc21. The van der Waals surface area contributed by atoms with E-state index in [0.717, 1.165) is 30.4 Å². The van der Waals surface area contributed by atoms with E-state index in [1.54, 1.807) is 24.3 Å². The number of nitrogens with one attached hydrogen (secondary N) is 1. The number of ether oxygens (including phenoxy) is 1. The number of para-hydroxylation sites is 1. The molecule has 0 bridgehead atoms. The van der Waals surface area contributed by atoms with E-state index in [0.29, 0.717) is 5.75 Å². The molecule has 24 heavy (non-hydrogen) atoms. The van der Waals surface area contributed by atoms with Gasteiger partial charge in [0.2, 0.25) is 5.91 Å². The van der Waals surface area contributed by atoms with E-state index in [4.69, 9.17) is 4.74 Å². The lowest BCUT2D eigenvalue weighted by Gasteiger charge is -2.12. The van der Waals surface area contributed by atoms with E-state index >= 15 is 0 Å². The molecule has 0 saturated carbocycles. The maximum atomic E-state index is 12.5. The Balaban J connectivity index is 1.57. The molecule has 1 aliphatic carbocycles. The summed E-state index contributed by atoms with van der Waals surface area (Å²) in [6.07, 6.45) is 2.91. The van der Waals surface area contributed by atoms with Crippen LogP contribution >= 0.6 is 0 Å². The molecule has 2 aliphatic rings. The molecule has 0 aromatic heterocycles. The Hall–Kier alpha value is -2.34. The van der Waals surface area contributed by atoms with E-state index in [1.165, 1.54) is 5.56 Å². The first-order valence-corrected chi connectivity index (χ1v) is 9.43. The molecule has 1 atom stereocenters. The number of fused-ring (bicyclic) bond motifs is 2. The maximum absolute atomic E-state index is 12.5. The molecule has 0 saturated heterocycles. The fourth-order valence-electron chi connectivity index (χ4n) is 3.36. The van der Waals surface area contributed by atoms with Gasteiger partial charge in [-0.25, -0.2) is 13.1 Å². The van der Waals surface area contributed by atoms with E-state index in [2.05, 4.69) is 4.72 Å². The molecule has 5 nitrogen and oxygen atoms in total. The Morgan fingerprint density at radius 2 is 1.88 bits per heavy atom. The molecule has 2 aromatic rings. The van der Waals surface area contributed by atoms with Crippen LogP contribution in [0.3, 0.4) is 0 Å². The van der Waals surface area contributed by atoms with Crippen molar-refractivity contribution in [2.24, 2.45) is 0 Å². The van der Waals surface area contributed by atoms with E-state index in [9.17, 15) is 13.2 Å². The highest BCUT2D eigenvalue weighted by Crippen LogP contribution is 2.34. The van der Waals surface area contributed by atoms with Crippen LogP contribution in [0.5, 0.6) is 5.75 Å². The first-order chi connectivity index (χ1) is 11.5. The summed E-state index contributed by atoms with van der Waals surface area (Å²) in [4.78, 5) is 12.6. The molecular weight excluding hydrogens is 326 g/mol. The molecule has 0 radical (unpaired) electrons. The summed E-state index contributed by atoms with van der Waals surface area (Å²) in [7, 11) is -3.88. The highest BCUT2D eigenvalue weighted by molar-refractivity contribution is 7.90. The molecule has 1 amide bonds. The summed E-state index contributed by atoms with van der Waals surface area (Å²) in [6, 6.07) is 12.3. The van der Waals surface area contributed by atoms with Crippen molar-refractivity contribution in [3.05, 3.63) is 59.2 Å². The molecule has 0 spiro atoms. The summed E-state index contributed by atoms with van der Waals surface area (Å²) in [5.74, 6) is -0.529. The topological polar surface area (TPSA) is 72.5 Å². The fourth-order valence-corrected chi connectivity index (χ4v) is 4.43. The van der Waals surface area contributed by atoms with Crippen LogP contribution in [0.1, 0.15) is 29.0 Å². The summed E-state index contributed by atoms with van der Waals surface area (Å²) in [6.45, 7) is 0.158. The summed E-state index contributed by atoms with van der Waals surface area (Å²) < 4.78 is 32.7. The minimum absolute atomic E-state index is 0.142. The van der Waals surface area contributed by atoms with Crippen molar-refractivity contribution in [2.75, 3.05) is 6.61 Å². The van der Waals surface area contributed by atoms with Gasteiger partial charge in [-0.3, -0.25) is 4.79 Å². The summed E-state index contributed by atoms with van der Waals surface area (Å²) in [5.41, 5.74) is 2.97. The first-order valence-electron chi connectivity index (χ1n) is 7.95. The molecule has 4 rings (SSSR count). The van der Waals surface area contributed by atoms with Crippen LogP contribution < -0.4 is 9.46 Å². The number of carbonyl (C=O) groups excluding carboxylic acids is 1. The standard InChI is InChI=1S/C18H17NO4S/c20-18(16-11-23-17-7-2-1-6-15(16)17)19-24(21,22)14-9-8-12-4-3-5-13(12)10-14/h1-2,6-10,16H,3-5,11H2,(H,19,20)/t16-/m0/s1. The highest BCUT2D eigenvalue weighted by Gasteiger charge is 2.32. The average molecular weight is 343 g/mol. The second kappa shape index (κ2) is 5.63. The maximum Gasteiger partial charge on any atom is 0.264 e. The smallest absolute Gasteiger partial charge is 0.264 e. The number of carbonyl (C=O) groups is 1. The van der Waals surface area contributed by atoms with Gasteiger partial charge in [0, 0.05) is 5.56 Å². The van der Waals surface area contributed by atoms with Crippen molar-refractivity contribution in [1.82, 2.24) is 4.72 Å². The van der Waals surface area contributed by atoms with Gasteiger partial charge in [-0.15, -0.1) is 0 Å². The predicted molar refractivity (Wildman–Crippen MR) is 88.5 cm³/mol. The van der Waals surface area contributed by atoms with Crippen LogP contribution in [-0.4, -0.2) is 20.9 Å². The first kappa shape index (κ1) is 15.2. The van der Waals surface area contributed by atoms with Crippen molar-refractivity contribution in [3.63, 3.8) is 0 Å². The fraction of sp³-hybridized carbons (Fsp3) is 0.278. The molecule has 0 fully saturated rings. The van der Waals surface area contributed by atoms with Gasteiger partial charge in [-0.05, 0) is 48.6 Å². The Labute approximate surface area is 140 Å². The lowest BCUT2D eigenvalue weighted by Crippen LogP contribution is -2.35. The second-order valence-electron chi connectivity index (χ2n) is 6.16. The monoisotopic (exact) mass is 343 g/mol. The Morgan fingerprint density at radius 1 is 1.08 bits per heavy atom. The number of hydrogen-bond acceptors (Lipinski definition) is 4. The van der Waals surface area contributed by atoms with E-state index < -0.39 is 21.8 Å². The zero-order chi connectivity index (χ0) is 16.7. The van der Waals surface area contributed by atoms with Crippen LogP contribution in [0, 0.1) is 0 Å². The van der Waals surface area contributed by atoms with E-state index in [-0.39, 0.29) is 11.5 Å². The highest BCUT2D eigenvalue weighted by atomic mass is 32.2. The van der Waals surface area contributed by atoms with Gasteiger partial charge in [-0.2, -0.15) is 0 Å². The third kappa shape index (κ3) is 2.57. The van der Waals surface area contributed by atoms with Gasteiger partial charge >= 0.3 is 0 Å². The van der Waals surface area contributed by atoms with Gasteiger partial charge < -0.3 is 4.74 Å². The lowest BCUT2D eigenvalue weighted by atomic mass is 10.0. The third-order valence-corrected chi connectivity index (χ3v) is 5.98. The van der Waals surface area contributed by atoms with Crippen molar-refractivity contribution in [2.45, 2.75) is 30.1 Å². The van der Waals surface area contributed by atoms with Crippen molar-refractivity contribution < 1.29 is 17.9 Å². The van der Waals surface area contributed by atoms with Crippen molar-refractivity contribution >= 4 is 15.9 Å². The van der Waals surface area contributed by atoms with Crippen LogP contribution in [0.15, 0.2) is 47.4 Å². The van der Waals surface area contributed by atoms with Crippen LogP contribution in [0.2, 0.25) is 0 Å². The molecular formula is C18H17NO4S. The number of amides is 1. The third-order valence-electron chi connectivity index (χ3n) is 4.63. The average Bonchev–Trinajstić information content (AvgIpc) is 3.20. The molecule has 1 aliphatic heterocycles. The van der Waals surface area contributed by atoms with Gasteiger partial charge in [0.05, 0.1) is 4.90 Å². The molecule has 0 unspecified atom stereocenters. The number of sulfonamides is 1. The largest absolute Gasteiger partial charge is 0.492 e. The number of hydrogen-bond donors (Lipinski definition) is 1. The Kier molecular flexibility index (Phi) is 3.57. The summed E-state index contributed by atoms with van der Waals surface area (Å²) >= 11 is 0. The zero-order valence-corrected chi connectivity index (χ0v) is 13.8. The molecule has 124 valence electrons. The van der Waals surface area contributed by atoms with Crippen LogP contribution in [0.25, 0.3) is 0 Å². The molecule has 1 N–H and O–H groups in total. The molecule has 6 heteroatoms. The predicted octanol–water partition coefficient (Wildman–Crippen LogP) is 2.16. The van der Waals surface area contributed by atoms with Crippen LogP contribution in [0.4, 0.5) is 0 Å². The number of benzene rings is 2. The quantitative estimate of drug-likeness (QED) is 0.927. The van der Waals surface area contributed by atoms with Gasteiger partial charge in [-0.1, -0.05) is 24.3 Å². The lowest BCUT2D eigenvalue weighted by molar-refractivity contribution is -0.120. The number of aryl methyl sites for hydroxylation is 2. The Morgan fingerprint density at radius 3 is 2.75 bits per heavy atom. The Bertz CT molecular complexity index is 920. The molecule has 1 heterocycles. The normalized spacial score (nSPS) is 18.6. The number of rotatable bonds is 3. The minimum Gasteiger partial charge on any atom is -0.492 e. The second-order valence-corrected chi connectivity index (χ2v) is 7.84. The minimum atomic E-state index is -3.88. The van der Waals surface area contributed by atoms with E-state index in [1.807, 2.05) is 18.2 Å². The van der Waals surface area contributed by atoms with Gasteiger partial charge in [0.1, 0.15) is 18.3 Å². The molecule has 2 aromatic carbocycles.